The highest BCUT2D eigenvalue weighted by Crippen LogP contribution is 2.31. The monoisotopic (exact) mass is 389 g/mol. The fourth-order valence-electron chi connectivity index (χ4n) is 2.34. The van der Waals surface area contributed by atoms with Crippen LogP contribution >= 0.6 is 15.9 Å². The second kappa shape index (κ2) is 6.23. The molecule has 0 bridgehead atoms. The summed E-state index contributed by atoms with van der Waals surface area (Å²) in [6.45, 7) is 0. The quantitative estimate of drug-likeness (QED) is 0.525. The van der Waals surface area contributed by atoms with Crippen LogP contribution < -0.4 is 0 Å². The van der Waals surface area contributed by atoms with Crippen molar-refractivity contribution >= 4 is 48.7 Å². The molecule has 0 spiro atoms. The van der Waals surface area contributed by atoms with Crippen molar-refractivity contribution in [2.45, 2.75) is 4.90 Å². The van der Waals surface area contributed by atoms with Crippen LogP contribution in [0.25, 0.3) is 10.8 Å². The topological polar surface area (TPSA) is 66.7 Å². The van der Waals surface area contributed by atoms with Crippen molar-refractivity contribution in [1.82, 2.24) is 0 Å². The number of aliphatic imine (C=N–C) groups is 1. The highest BCUT2D eigenvalue weighted by atomic mass is 79.9. The van der Waals surface area contributed by atoms with Crippen LogP contribution in [0.15, 0.2) is 75.0 Å². The van der Waals surface area contributed by atoms with E-state index in [1.54, 1.807) is 36.5 Å². The van der Waals surface area contributed by atoms with E-state index in [1.165, 1.54) is 6.07 Å². The Balaban J connectivity index is 2.18. The molecule has 0 aromatic heterocycles. The van der Waals surface area contributed by atoms with Crippen molar-refractivity contribution in [3.8, 4) is 0 Å². The average molecular weight is 390 g/mol. The van der Waals surface area contributed by atoms with E-state index < -0.39 is 10.1 Å². The molecular formula is C17H12BrNO3S. The Hall–Kier alpha value is -2.02. The Bertz CT molecular complexity index is 1010. The highest BCUT2D eigenvalue weighted by molar-refractivity contribution is 9.10. The third-order valence-electron chi connectivity index (χ3n) is 3.32. The number of benzene rings is 3. The lowest BCUT2D eigenvalue weighted by Crippen LogP contribution is -1.99. The molecule has 3 aromatic carbocycles. The van der Waals surface area contributed by atoms with Crippen molar-refractivity contribution in [1.29, 1.82) is 0 Å². The van der Waals surface area contributed by atoms with Crippen LogP contribution in [-0.2, 0) is 10.1 Å². The molecule has 0 radical (unpaired) electrons. The van der Waals surface area contributed by atoms with Gasteiger partial charge in [0.25, 0.3) is 10.1 Å². The Labute approximate surface area is 142 Å². The van der Waals surface area contributed by atoms with Gasteiger partial charge in [0.2, 0.25) is 0 Å². The Morgan fingerprint density at radius 2 is 1.70 bits per heavy atom. The van der Waals surface area contributed by atoms with Gasteiger partial charge in [-0.05, 0) is 35.2 Å². The summed E-state index contributed by atoms with van der Waals surface area (Å²) >= 11 is 3.39. The zero-order chi connectivity index (χ0) is 16.4. The SMILES string of the molecule is O=S(=O)(O)c1cccc2cccc(N=Cc3cccc(Br)c3)c12. The summed E-state index contributed by atoms with van der Waals surface area (Å²) in [5.41, 5.74) is 1.36. The zero-order valence-electron chi connectivity index (χ0n) is 11.8. The van der Waals surface area contributed by atoms with E-state index in [-0.39, 0.29) is 4.90 Å². The molecule has 3 rings (SSSR count). The van der Waals surface area contributed by atoms with Crippen LogP contribution in [0.5, 0.6) is 0 Å². The minimum atomic E-state index is -4.32. The Morgan fingerprint density at radius 3 is 2.39 bits per heavy atom. The molecule has 23 heavy (non-hydrogen) atoms. The van der Waals surface area contributed by atoms with Gasteiger partial charge in [-0.1, -0.05) is 52.3 Å². The lowest BCUT2D eigenvalue weighted by molar-refractivity contribution is 0.484. The standard InChI is InChI=1S/C17H12BrNO3S/c18-14-7-1-4-12(10-14)11-19-15-8-2-5-13-6-3-9-16(17(13)15)23(20,21)22/h1-11H,(H,20,21,22). The molecule has 0 aliphatic rings. The van der Waals surface area contributed by atoms with Crippen molar-refractivity contribution in [3.63, 3.8) is 0 Å². The molecule has 0 fully saturated rings. The molecule has 6 heteroatoms. The second-order valence-corrected chi connectivity index (χ2v) is 7.23. The molecule has 0 amide bonds. The lowest BCUT2D eigenvalue weighted by Gasteiger charge is -2.06. The molecule has 0 unspecified atom stereocenters. The van der Waals surface area contributed by atoms with Gasteiger partial charge in [0.05, 0.1) is 5.69 Å². The van der Waals surface area contributed by atoms with Crippen molar-refractivity contribution in [2.24, 2.45) is 4.99 Å². The van der Waals surface area contributed by atoms with E-state index in [0.717, 1.165) is 10.0 Å². The Morgan fingerprint density at radius 1 is 1.00 bits per heavy atom. The van der Waals surface area contributed by atoms with Crippen LogP contribution in [-0.4, -0.2) is 19.2 Å². The predicted octanol–water partition coefficient (Wildman–Crippen LogP) is 4.60. The zero-order valence-corrected chi connectivity index (χ0v) is 14.3. The van der Waals surface area contributed by atoms with Gasteiger partial charge in [-0.15, -0.1) is 0 Å². The molecular weight excluding hydrogens is 378 g/mol. The predicted molar refractivity (Wildman–Crippen MR) is 95.2 cm³/mol. The Kier molecular flexibility index (Phi) is 4.30. The molecule has 3 aromatic rings. The minimum Gasteiger partial charge on any atom is -0.282 e. The van der Waals surface area contributed by atoms with E-state index in [9.17, 15) is 13.0 Å². The number of fused-ring (bicyclic) bond motifs is 1. The number of hydrogen-bond donors (Lipinski definition) is 1. The third kappa shape index (κ3) is 3.50. The summed E-state index contributed by atoms with van der Waals surface area (Å²) in [4.78, 5) is 4.26. The number of halogens is 1. The van der Waals surface area contributed by atoms with Gasteiger partial charge in [0.15, 0.2) is 0 Å². The molecule has 116 valence electrons. The van der Waals surface area contributed by atoms with Crippen LogP contribution in [0.2, 0.25) is 0 Å². The first-order valence-corrected chi connectivity index (χ1v) is 8.97. The van der Waals surface area contributed by atoms with Crippen molar-refractivity contribution < 1.29 is 13.0 Å². The maximum Gasteiger partial charge on any atom is 0.295 e. The van der Waals surface area contributed by atoms with Crippen molar-refractivity contribution in [3.05, 3.63) is 70.7 Å². The van der Waals surface area contributed by atoms with Gasteiger partial charge < -0.3 is 0 Å². The van der Waals surface area contributed by atoms with Crippen molar-refractivity contribution in [2.75, 3.05) is 0 Å². The molecule has 0 atom stereocenters. The summed E-state index contributed by atoms with van der Waals surface area (Å²) in [5.74, 6) is 0. The first-order valence-electron chi connectivity index (χ1n) is 6.74. The second-order valence-electron chi connectivity index (χ2n) is 4.92. The van der Waals surface area contributed by atoms with E-state index in [4.69, 9.17) is 0 Å². The van der Waals surface area contributed by atoms with Gasteiger partial charge in [0.1, 0.15) is 4.90 Å². The van der Waals surface area contributed by atoms with Crippen LogP contribution in [0, 0.1) is 0 Å². The van der Waals surface area contributed by atoms with Crippen LogP contribution in [0.4, 0.5) is 5.69 Å². The van der Waals surface area contributed by atoms with E-state index >= 15 is 0 Å². The molecule has 0 aliphatic carbocycles. The first kappa shape index (κ1) is 15.9. The van der Waals surface area contributed by atoms with E-state index in [2.05, 4.69) is 20.9 Å². The summed E-state index contributed by atoms with van der Waals surface area (Å²) in [6, 6.07) is 17.6. The molecule has 1 N–H and O–H groups in total. The smallest absolute Gasteiger partial charge is 0.282 e. The molecule has 0 heterocycles. The summed E-state index contributed by atoms with van der Waals surface area (Å²) < 4.78 is 33.6. The van der Waals surface area contributed by atoms with E-state index in [1.807, 2.05) is 24.3 Å². The maximum absolute atomic E-state index is 11.6. The van der Waals surface area contributed by atoms with E-state index in [0.29, 0.717) is 16.5 Å². The molecule has 0 saturated carbocycles. The van der Waals surface area contributed by atoms with Gasteiger partial charge >= 0.3 is 0 Å². The molecule has 4 nitrogen and oxygen atoms in total. The number of rotatable bonds is 3. The lowest BCUT2D eigenvalue weighted by atomic mass is 10.1. The summed E-state index contributed by atoms with van der Waals surface area (Å²) in [5, 5.41) is 1.10. The van der Waals surface area contributed by atoms with Crippen LogP contribution in [0.1, 0.15) is 5.56 Å². The largest absolute Gasteiger partial charge is 0.295 e. The van der Waals surface area contributed by atoms with Gasteiger partial charge in [-0.25, -0.2) is 0 Å². The number of hydrogen-bond acceptors (Lipinski definition) is 3. The minimum absolute atomic E-state index is 0.142. The maximum atomic E-state index is 11.6. The van der Waals surface area contributed by atoms with Gasteiger partial charge in [0, 0.05) is 16.1 Å². The fourth-order valence-corrected chi connectivity index (χ4v) is 3.49. The fraction of sp³-hybridized carbons (Fsp3) is 0. The van der Waals surface area contributed by atoms with Crippen LogP contribution in [0.3, 0.4) is 0 Å². The molecule has 0 saturated heterocycles. The number of nitrogens with zero attached hydrogens (tertiary/aromatic N) is 1. The first-order chi connectivity index (χ1) is 10.9. The average Bonchev–Trinajstić information content (AvgIpc) is 2.51. The van der Waals surface area contributed by atoms with Gasteiger partial charge in [-0.2, -0.15) is 8.42 Å². The molecule has 0 aliphatic heterocycles. The highest BCUT2D eigenvalue weighted by Gasteiger charge is 2.15. The normalized spacial score (nSPS) is 12.1. The summed E-state index contributed by atoms with van der Waals surface area (Å²) in [6.07, 6.45) is 1.65. The third-order valence-corrected chi connectivity index (χ3v) is 4.71. The summed E-state index contributed by atoms with van der Waals surface area (Å²) in [7, 11) is -4.32. The van der Waals surface area contributed by atoms with Gasteiger partial charge in [-0.3, -0.25) is 9.55 Å².